The predicted octanol–water partition coefficient (Wildman–Crippen LogP) is 1.21. The number of benzene rings is 1. The molecule has 1 rings (SSSR count). The van der Waals surface area contributed by atoms with E-state index in [1.165, 1.54) is 7.11 Å². The van der Waals surface area contributed by atoms with Crippen molar-refractivity contribution in [1.29, 1.82) is 0 Å². The summed E-state index contributed by atoms with van der Waals surface area (Å²) >= 11 is 3.38. The average Bonchev–Trinajstić information content (AvgIpc) is 2.36. The van der Waals surface area contributed by atoms with Crippen LogP contribution in [0.25, 0.3) is 0 Å². The number of amides is 1. The van der Waals surface area contributed by atoms with Gasteiger partial charge in [-0.2, -0.15) is 0 Å². The molecule has 0 bridgehead atoms. The zero-order valence-electron chi connectivity index (χ0n) is 11.9. The molecule has 0 aromatic heterocycles. The lowest BCUT2D eigenvalue weighted by Crippen LogP contribution is -2.24. The molecule has 0 aliphatic carbocycles. The van der Waals surface area contributed by atoms with Gasteiger partial charge >= 0.3 is 0 Å². The second kappa shape index (κ2) is 9.83. The van der Waals surface area contributed by atoms with E-state index in [1.54, 1.807) is 13.0 Å². The summed E-state index contributed by atoms with van der Waals surface area (Å²) < 4.78 is 11.2. The summed E-state index contributed by atoms with van der Waals surface area (Å²) in [7, 11) is 1.52. The SMILES string of the molecule is COc1cc(CNCC(C)O)cc(Br)c1OCC(N)=O.Cl. The van der Waals surface area contributed by atoms with Crippen molar-refractivity contribution in [3.05, 3.63) is 22.2 Å². The molecule has 4 N–H and O–H groups in total. The first-order valence-corrected chi connectivity index (χ1v) is 6.89. The number of carbonyl (C=O) groups excluding carboxylic acids is 1. The molecule has 8 heteroatoms. The van der Waals surface area contributed by atoms with Crippen molar-refractivity contribution in [1.82, 2.24) is 5.32 Å². The number of methoxy groups -OCH3 is 1. The lowest BCUT2D eigenvalue weighted by molar-refractivity contribution is -0.119. The fourth-order valence-electron chi connectivity index (χ4n) is 1.58. The largest absolute Gasteiger partial charge is 0.493 e. The van der Waals surface area contributed by atoms with E-state index in [9.17, 15) is 9.90 Å². The number of carbonyl (C=O) groups is 1. The fourth-order valence-corrected chi connectivity index (χ4v) is 2.19. The molecule has 1 unspecified atom stereocenters. The zero-order chi connectivity index (χ0) is 15.1. The molecule has 21 heavy (non-hydrogen) atoms. The van der Waals surface area contributed by atoms with Gasteiger partial charge in [0.25, 0.3) is 5.91 Å². The van der Waals surface area contributed by atoms with Crippen molar-refractivity contribution in [2.24, 2.45) is 5.73 Å². The Morgan fingerprint density at radius 1 is 1.52 bits per heavy atom. The third-order valence-electron chi connectivity index (χ3n) is 2.42. The van der Waals surface area contributed by atoms with Gasteiger partial charge in [-0.05, 0) is 40.5 Å². The van der Waals surface area contributed by atoms with E-state index in [0.29, 0.717) is 29.1 Å². The second-order valence-corrected chi connectivity index (χ2v) is 5.20. The van der Waals surface area contributed by atoms with E-state index in [1.807, 2.05) is 6.07 Å². The number of halogens is 2. The van der Waals surface area contributed by atoms with Crippen LogP contribution in [0.4, 0.5) is 0 Å². The highest BCUT2D eigenvalue weighted by Gasteiger charge is 2.12. The monoisotopic (exact) mass is 382 g/mol. The normalized spacial score (nSPS) is 11.4. The Hall–Kier alpha value is -1.02. The van der Waals surface area contributed by atoms with Crippen LogP contribution in [0.3, 0.4) is 0 Å². The van der Waals surface area contributed by atoms with Gasteiger partial charge in [-0.25, -0.2) is 0 Å². The summed E-state index contributed by atoms with van der Waals surface area (Å²) in [6.45, 7) is 2.58. The van der Waals surface area contributed by atoms with Crippen LogP contribution in [-0.4, -0.2) is 37.4 Å². The number of primary amides is 1. The van der Waals surface area contributed by atoms with Gasteiger partial charge in [0, 0.05) is 13.1 Å². The summed E-state index contributed by atoms with van der Waals surface area (Å²) in [5, 5.41) is 12.3. The number of hydrogen-bond donors (Lipinski definition) is 3. The van der Waals surface area contributed by atoms with Crippen molar-refractivity contribution < 1.29 is 19.4 Å². The molecule has 1 amide bonds. The maximum atomic E-state index is 10.8. The Balaban J connectivity index is 0.00000400. The maximum absolute atomic E-state index is 10.8. The van der Waals surface area contributed by atoms with Gasteiger partial charge < -0.3 is 25.6 Å². The quantitative estimate of drug-likeness (QED) is 0.627. The number of nitrogens with one attached hydrogen (secondary N) is 1. The van der Waals surface area contributed by atoms with Crippen LogP contribution in [0.2, 0.25) is 0 Å². The molecular weight excluding hydrogens is 364 g/mol. The number of hydrogen-bond acceptors (Lipinski definition) is 5. The van der Waals surface area contributed by atoms with Crippen molar-refractivity contribution in [2.75, 3.05) is 20.3 Å². The standard InChI is InChI=1S/C13H19BrN2O4.ClH/c1-8(17)5-16-6-9-3-10(14)13(11(4-9)19-2)20-7-12(15)18;/h3-4,8,16-17H,5-7H2,1-2H3,(H2,15,18);1H. The Labute approximate surface area is 138 Å². The topological polar surface area (TPSA) is 93.8 Å². The average molecular weight is 384 g/mol. The van der Waals surface area contributed by atoms with Gasteiger partial charge in [0.1, 0.15) is 0 Å². The smallest absolute Gasteiger partial charge is 0.255 e. The minimum Gasteiger partial charge on any atom is -0.493 e. The van der Waals surface area contributed by atoms with Gasteiger partial charge in [-0.15, -0.1) is 12.4 Å². The van der Waals surface area contributed by atoms with Gasteiger partial charge in [0.2, 0.25) is 0 Å². The number of ether oxygens (including phenoxy) is 2. The molecule has 0 aliphatic heterocycles. The molecule has 120 valence electrons. The highest BCUT2D eigenvalue weighted by molar-refractivity contribution is 9.10. The van der Waals surface area contributed by atoms with Crippen LogP contribution in [0.1, 0.15) is 12.5 Å². The molecule has 0 radical (unpaired) electrons. The fraction of sp³-hybridized carbons (Fsp3) is 0.462. The summed E-state index contributed by atoms with van der Waals surface area (Å²) in [5.41, 5.74) is 6.01. The molecule has 0 spiro atoms. The van der Waals surface area contributed by atoms with Crippen LogP contribution in [-0.2, 0) is 11.3 Å². The van der Waals surface area contributed by atoms with Crippen molar-refractivity contribution in [3.63, 3.8) is 0 Å². The van der Waals surface area contributed by atoms with Crippen molar-refractivity contribution in [3.8, 4) is 11.5 Å². The summed E-state index contributed by atoms with van der Waals surface area (Å²) in [6.07, 6.45) is -0.404. The third kappa shape index (κ3) is 6.99. The van der Waals surface area contributed by atoms with Crippen molar-refractivity contribution in [2.45, 2.75) is 19.6 Å². The third-order valence-corrected chi connectivity index (χ3v) is 3.01. The second-order valence-electron chi connectivity index (χ2n) is 4.34. The minimum absolute atomic E-state index is 0. The Morgan fingerprint density at radius 3 is 2.71 bits per heavy atom. The van der Waals surface area contributed by atoms with Gasteiger partial charge in [0.15, 0.2) is 18.1 Å². The van der Waals surface area contributed by atoms with Gasteiger partial charge in [-0.3, -0.25) is 4.79 Å². The van der Waals surface area contributed by atoms with Crippen LogP contribution in [0.15, 0.2) is 16.6 Å². The molecule has 0 aliphatic rings. The first-order chi connectivity index (χ1) is 9.43. The van der Waals surface area contributed by atoms with E-state index in [4.69, 9.17) is 15.2 Å². The first kappa shape index (κ1) is 20.0. The molecule has 0 fully saturated rings. The Morgan fingerprint density at radius 2 is 2.19 bits per heavy atom. The predicted molar refractivity (Wildman–Crippen MR) is 86.0 cm³/mol. The van der Waals surface area contributed by atoms with Crippen LogP contribution < -0.4 is 20.5 Å². The van der Waals surface area contributed by atoms with E-state index in [-0.39, 0.29) is 19.0 Å². The number of rotatable bonds is 8. The highest BCUT2D eigenvalue weighted by atomic mass is 79.9. The number of aliphatic hydroxyl groups excluding tert-OH is 1. The minimum atomic E-state index is -0.554. The van der Waals surface area contributed by atoms with Crippen molar-refractivity contribution >= 4 is 34.2 Å². The van der Waals surface area contributed by atoms with Crippen LogP contribution in [0.5, 0.6) is 11.5 Å². The highest BCUT2D eigenvalue weighted by Crippen LogP contribution is 2.36. The number of aliphatic hydroxyl groups is 1. The molecule has 0 saturated carbocycles. The van der Waals surface area contributed by atoms with Gasteiger partial charge in [-0.1, -0.05) is 0 Å². The molecular formula is C13H20BrClN2O4. The molecule has 1 aromatic carbocycles. The molecule has 0 heterocycles. The van der Waals surface area contributed by atoms with Gasteiger partial charge in [0.05, 0.1) is 17.7 Å². The summed E-state index contributed by atoms with van der Waals surface area (Å²) in [4.78, 5) is 10.8. The van der Waals surface area contributed by atoms with E-state index < -0.39 is 12.0 Å². The Bertz CT molecular complexity index is 472. The lowest BCUT2D eigenvalue weighted by Gasteiger charge is -2.14. The summed E-state index contributed by atoms with van der Waals surface area (Å²) in [5.74, 6) is 0.390. The lowest BCUT2D eigenvalue weighted by atomic mass is 10.2. The first-order valence-electron chi connectivity index (χ1n) is 6.10. The summed E-state index contributed by atoms with van der Waals surface area (Å²) in [6, 6.07) is 3.66. The molecule has 6 nitrogen and oxygen atoms in total. The maximum Gasteiger partial charge on any atom is 0.255 e. The molecule has 1 aromatic rings. The van der Waals surface area contributed by atoms with Crippen LogP contribution in [0, 0.1) is 0 Å². The number of nitrogens with two attached hydrogens (primary N) is 1. The molecule has 1 atom stereocenters. The van der Waals surface area contributed by atoms with E-state index in [2.05, 4.69) is 21.2 Å². The Kier molecular flexibility index (Phi) is 9.36. The van der Waals surface area contributed by atoms with E-state index in [0.717, 1.165) is 5.56 Å². The zero-order valence-corrected chi connectivity index (χ0v) is 14.3. The molecule has 0 saturated heterocycles. The van der Waals surface area contributed by atoms with Crippen LogP contribution >= 0.6 is 28.3 Å². The van der Waals surface area contributed by atoms with E-state index >= 15 is 0 Å².